The van der Waals surface area contributed by atoms with Gasteiger partial charge in [-0.15, -0.1) is 11.3 Å². The van der Waals surface area contributed by atoms with Crippen LogP contribution < -0.4 is 0 Å². The number of hydrogen-bond acceptors (Lipinski definition) is 4. The molecule has 0 aliphatic heterocycles. The van der Waals surface area contributed by atoms with Crippen molar-refractivity contribution < 1.29 is 23.1 Å². The van der Waals surface area contributed by atoms with Crippen LogP contribution >= 0.6 is 39.0 Å². The maximum Gasteiger partial charge on any atom is 0.417 e. The summed E-state index contributed by atoms with van der Waals surface area (Å²) in [5.41, 5.74) is -0.413. The van der Waals surface area contributed by atoms with E-state index in [9.17, 15) is 18.0 Å². The summed E-state index contributed by atoms with van der Waals surface area (Å²) in [6.45, 7) is 0. The number of aliphatic carboxylic acids is 1. The van der Waals surface area contributed by atoms with Crippen LogP contribution in [0.2, 0.25) is 0 Å². The van der Waals surface area contributed by atoms with E-state index in [4.69, 9.17) is 5.11 Å². The summed E-state index contributed by atoms with van der Waals surface area (Å²) in [6.07, 6.45) is -4.70. The lowest BCUT2D eigenvalue weighted by molar-refractivity contribution is -0.140. The molecule has 0 radical (unpaired) electrons. The zero-order valence-corrected chi connectivity index (χ0v) is 13.4. The van der Waals surface area contributed by atoms with Crippen LogP contribution in [0.1, 0.15) is 11.3 Å². The summed E-state index contributed by atoms with van der Waals surface area (Å²) >= 11 is 5.12. The lowest BCUT2D eigenvalue weighted by Crippen LogP contribution is -2.06. The summed E-state index contributed by atoms with van der Waals surface area (Å²) in [7, 11) is 0. The molecule has 21 heavy (non-hydrogen) atoms. The Labute approximate surface area is 134 Å². The molecule has 0 amide bonds. The van der Waals surface area contributed by atoms with E-state index in [2.05, 4.69) is 20.9 Å². The highest BCUT2D eigenvalue weighted by Crippen LogP contribution is 2.41. The van der Waals surface area contributed by atoms with Crippen LogP contribution in [0.15, 0.2) is 37.3 Å². The van der Waals surface area contributed by atoms with Gasteiger partial charge in [-0.1, -0.05) is 27.7 Å². The van der Waals surface area contributed by atoms with E-state index in [-0.39, 0.29) is 11.3 Å². The maximum atomic E-state index is 12.9. The van der Waals surface area contributed by atoms with Gasteiger partial charge in [0.05, 0.1) is 17.7 Å². The topological polar surface area (TPSA) is 50.2 Å². The molecule has 0 unspecified atom stereocenters. The molecule has 0 fully saturated rings. The number of carboxylic acids is 1. The van der Waals surface area contributed by atoms with E-state index in [1.54, 1.807) is 0 Å². The molecule has 1 aromatic heterocycles. The van der Waals surface area contributed by atoms with Crippen molar-refractivity contribution in [2.24, 2.45) is 0 Å². The molecule has 0 aliphatic carbocycles. The first-order valence-electron chi connectivity index (χ1n) is 5.46. The Morgan fingerprint density at radius 1 is 1.43 bits per heavy atom. The zero-order valence-electron chi connectivity index (χ0n) is 10.1. The molecule has 2 aromatic rings. The lowest BCUT2D eigenvalue weighted by atomic mass is 10.2. The van der Waals surface area contributed by atoms with Crippen molar-refractivity contribution in [1.82, 2.24) is 4.98 Å². The Morgan fingerprint density at radius 3 is 2.76 bits per heavy atom. The van der Waals surface area contributed by atoms with Gasteiger partial charge in [-0.05, 0) is 18.2 Å². The van der Waals surface area contributed by atoms with Gasteiger partial charge >= 0.3 is 12.1 Å². The second-order valence-electron chi connectivity index (χ2n) is 3.92. The number of thiazole rings is 1. The van der Waals surface area contributed by atoms with E-state index in [0.717, 1.165) is 29.2 Å². The van der Waals surface area contributed by atoms with Crippen LogP contribution in [0.5, 0.6) is 0 Å². The van der Waals surface area contributed by atoms with Gasteiger partial charge in [-0.2, -0.15) is 13.2 Å². The Kier molecular flexibility index (Phi) is 4.95. The highest BCUT2D eigenvalue weighted by atomic mass is 79.9. The molecule has 0 saturated heterocycles. The summed E-state index contributed by atoms with van der Waals surface area (Å²) in [4.78, 5) is 14.6. The average molecular weight is 398 g/mol. The molecule has 1 aromatic carbocycles. The lowest BCUT2D eigenvalue weighted by Gasteiger charge is -2.11. The largest absolute Gasteiger partial charge is 0.481 e. The van der Waals surface area contributed by atoms with Gasteiger partial charge < -0.3 is 5.11 Å². The number of hydrogen-bond donors (Lipinski definition) is 1. The predicted octanol–water partition coefficient (Wildman–Crippen LogP) is 4.70. The minimum Gasteiger partial charge on any atom is -0.481 e. The number of carboxylic acid groups (broad SMARTS) is 1. The normalized spacial score (nSPS) is 11.6. The van der Waals surface area contributed by atoms with Crippen molar-refractivity contribution in [3.05, 3.63) is 39.3 Å². The van der Waals surface area contributed by atoms with E-state index >= 15 is 0 Å². The highest BCUT2D eigenvalue weighted by molar-refractivity contribution is 9.10. The molecule has 1 N–H and O–H groups in total. The molecule has 3 nitrogen and oxygen atoms in total. The molecule has 1 heterocycles. The van der Waals surface area contributed by atoms with Crippen molar-refractivity contribution >= 4 is 45.0 Å². The molecular formula is C12H7BrF3NO2S2. The number of nitrogens with zero attached hydrogens (tertiary/aromatic N) is 1. The van der Waals surface area contributed by atoms with Gasteiger partial charge in [0.2, 0.25) is 0 Å². The second-order valence-corrected chi connectivity index (χ2v) is 6.98. The Balaban J connectivity index is 2.28. The number of carbonyl (C=O) groups is 1. The standard InChI is InChI=1S/C12H7BrF3NO2S2/c13-6-1-2-8(12(14,15)16)9(3-6)21-11-17-7(5-20-11)4-10(18)19/h1-3,5H,4H2,(H,18,19). The van der Waals surface area contributed by atoms with E-state index in [1.807, 2.05) is 0 Å². The van der Waals surface area contributed by atoms with Crippen LogP contribution in [-0.2, 0) is 17.4 Å². The molecule has 112 valence electrons. The van der Waals surface area contributed by atoms with E-state index in [1.165, 1.54) is 17.5 Å². The second kappa shape index (κ2) is 6.37. The van der Waals surface area contributed by atoms with Crippen molar-refractivity contribution in [2.45, 2.75) is 21.8 Å². The molecule has 0 aliphatic rings. The molecule has 0 saturated carbocycles. The summed E-state index contributed by atoms with van der Waals surface area (Å²) < 4.78 is 39.7. The third-order valence-electron chi connectivity index (χ3n) is 2.31. The van der Waals surface area contributed by atoms with Crippen molar-refractivity contribution in [3.63, 3.8) is 0 Å². The van der Waals surface area contributed by atoms with Crippen LogP contribution in [0.3, 0.4) is 0 Å². The predicted molar refractivity (Wildman–Crippen MR) is 76.7 cm³/mol. The SMILES string of the molecule is O=C(O)Cc1csc(Sc2cc(Br)ccc2C(F)(F)F)n1. The fraction of sp³-hybridized carbons (Fsp3) is 0.167. The van der Waals surface area contributed by atoms with Crippen LogP contribution in [0.4, 0.5) is 13.2 Å². The third-order valence-corrected chi connectivity index (χ3v) is 4.85. The number of alkyl halides is 3. The third kappa shape index (κ3) is 4.45. The fourth-order valence-electron chi connectivity index (χ4n) is 1.48. The van der Waals surface area contributed by atoms with Crippen LogP contribution in [0, 0.1) is 0 Å². The first-order valence-corrected chi connectivity index (χ1v) is 7.95. The monoisotopic (exact) mass is 397 g/mol. The molecule has 9 heteroatoms. The fourth-order valence-corrected chi connectivity index (χ4v) is 3.97. The van der Waals surface area contributed by atoms with Crippen LogP contribution in [0.25, 0.3) is 0 Å². The molecule has 0 bridgehead atoms. The maximum absolute atomic E-state index is 12.9. The number of benzene rings is 1. The van der Waals surface area contributed by atoms with Gasteiger partial charge in [0.25, 0.3) is 0 Å². The van der Waals surface area contributed by atoms with Crippen LogP contribution in [-0.4, -0.2) is 16.1 Å². The summed E-state index contributed by atoms with van der Waals surface area (Å²) in [6, 6.07) is 3.69. The first-order chi connectivity index (χ1) is 9.75. The van der Waals surface area contributed by atoms with Gasteiger partial charge in [-0.3, -0.25) is 4.79 Å². The van der Waals surface area contributed by atoms with E-state index < -0.39 is 17.7 Å². The van der Waals surface area contributed by atoms with Gasteiger partial charge in [0, 0.05) is 14.7 Å². The Bertz CT molecular complexity index is 673. The zero-order chi connectivity index (χ0) is 15.6. The number of rotatable bonds is 4. The van der Waals surface area contributed by atoms with Crippen molar-refractivity contribution in [2.75, 3.05) is 0 Å². The van der Waals surface area contributed by atoms with E-state index in [0.29, 0.717) is 14.5 Å². The highest BCUT2D eigenvalue weighted by Gasteiger charge is 2.33. The Hall–Kier alpha value is -1.06. The van der Waals surface area contributed by atoms with Gasteiger partial charge in [0.15, 0.2) is 4.34 Å². The smallest absolute Gasteiger partial charge is 0.417 e. The number of aromatic nitrogens is 1. The Morgan fingerprint density at radius 2 is 2.14 bits per heavy atom. The summed E-state index contributed by atoms with van der Waals surface area (Å²) in [5.74, 6) is -1.03. The summed E-state index contributed by atoms with van der Waals surface area (Å²) in [5, 5.41) is 10.2. The van der Waals surface area contributed by atoms with Crippen molar-refractivity contribution in [1.29, 1.82) is 0 Å². The van der Waals surface area contributed by atoms with Gasteiger partial charge in [0.1, 0.15) is 0 Å². The minimum absolute atomic E-state index is 0.0214. The van der Waals surface area contributed by atoms with Gasteiger partial charge in [-0.25, -0.2) is 4.98 Å². The quantitative estimate of drug-likeness (QED) is 0.811. The molecule has 0 spiro atoms. The first kappa shape index (κ1) is 16.3. The molecular weight excluding hydrogens is 391 g/mol. The minimum atomic E-state index is -4.45. The van der Waals surface area contributed by atoms with Crippen molar-refractivity contribution in [3.8, 4) is 0 Å². The molecule has 0 atom stereocenters. The molecule has 2 rings (SSSR count). The number of halogens is 4. The average Bonchev–Trinajstić information content (AvgIpc) is 2.73.